The molecule has 1 N–H and O–H groups in total. The Morgan fingerprint density at radius 2 is 2.32 bits per heavy atom. The van der Waals surface area contributed by atoms with Gasteiger partial charge < -0.3 is 15.0 Å². The fourth-order valence-electron chi connectivity index (χ4n) is 3.13. The van der Waals surface area contributed by atoms with E-state index in [4.69, 9.17) is 4.74 Å². The molecule has 0 radical (unpaired) electrons. The Kier molecular flexibility index (Phi) is 6.17. The van der Waals surface area contributed by atoms with E-state index in [1.54, 1.807) is 6.07 Å². The largest absolute Gasteiger partial charge is 0.378 e. The van der Waals surface area contributed by atoms with E-state index in [9.17, 15) is 9.18 Å². The summed E-state index contributed by atoms with van der Waals surface area (Å²) in [5.41, 5.74) is 0.850. The molecule has 0 aliphatic carbocycles. The normalized spacial score (nSPS) is 24.9. The Morgan fingerprint density at radius 3 is 3.05 bits per heavy atom. The molecule has 2 heterocycles. The third-order valence-electron chi connectivity index (χ3n) is 4.22. The minimum absolute atomic E-state index is 0. The van der Waals surface area contributed by atoms with Gasteiger partial charge in [-0.2, -0.15) is 0 Å². The van der Waals surface area contributed by atoms with E-state index in [0.29, 0.717) is 19.5 Å². The molecule has 2 saturated heterocycles. The summed E-state index contributed by atoms with van der Waals surface area (Å²) in [5, 5.41) is 3.28. The fourth-order valence-corrected chi connectivity index (χ4v) is 3.13. The standard InChI is InChI=1S/C16H21FN2O2.ClH/c17-13-4-1-3-12(9-13)15-11-18-6-7-19(15)16(20)10-14-5-2-8-21-14;/h1,3-4,9,14-15,18H,2,5-8,10-11H2;1H. The van der Waals surface area contributed by atoms with Gasteiger partial charge in [-0.25, -0.2) is 4.39 Å². The molecule has 122 valence electrons. The van der Waals surface area contributed by atoms with Gasteiger partial charge in [0.2, 0.25) is 5.91 Å². The first kappa shape index (κ1) is 17.2. The lowest BCUT2D eigenvalue weighted by atomic mass is 10.0. The van der Waals surface area contributed by atoms with Gasteiger partial charge in [-0.1, -0.05) is 12.1 Å². The maximum Gasteiger partial charge on any atom is 0.225 e. The maximum absolute atomic E-state index is 13.4. The van der Waals surface area contributed by atoms with E-state index < -0.39 is 0 Å². The third kappa shape index (κ3) is 3.97. The second-order valence-electron chi connectivity index (χ2n) is 5.70. The van der Waals surface area contributed by atoms with Gasteiger partial charge in [-0.15, -0.1) is 12.4 Å². The molecule has 2 aliphatic heterocycles. The molecule has 4 nitrogen and oxygen atoms in total. The molecule has 2 aliphatic rings. The van der Waals surface area contributed by atoms with Crippen LogP contribution in [0, 0.1) is 5.82 Å². The highest BCUT2D eigenvalue weighted by molar-refractivity contribution is 5.85. The molecule has 22 heavy (non-hydrogen) atoms. The molecule has 0 bridgehead atoms. The van der Waals surface area contributed by atoms with Crippen LogP contribution in [0.25, 0.3) is 0 Å². The highest BCUT2D eigenvalue weighted by Crippen LogP contribution is 2.25. The Hall–Kier alpha value is -1.17. The zero-order chi connectivity index (χ0) is 14.7. The molecular formula is C16H22ClFN2O2. The molecule has 0 spiro atoms. The van der Waals surface area contributed by atoms with Crippen LogP contribution in [0.4, 0.5) is 4.39 Å². The van der Waals surface area contributed by atoms with E-state index in [0.717, 1.165) is 31.6 Å². The number of benzene rings is 1. The van der Waals surface area contributed by atoms with Crippen LogP contribution in [-0.4, -0.2) is 43.2 Å². The predicted molar refractivity (Wildman–Crippen MR) is 84.6 cm³/mol. The lowest BCUT2D eigenvalue weighted by Gasteiger charge is -2.37. The maximum atomic E-state index is 13.4. The molecule has 1 aromatic carbocycles. The zero-order valence-electron chi connectivity index (χ0n) is 12.5. The second kappa shape index (κ2) is 7.90. The summed E-state index contributed by atoms with van der Waals surface area (Å²) in [7, 11) is 0. The van der Waals surface area contributed by atoms with Crippen molar-refractivity contribution in [2.75, 3.05) is 26.2 Å². The van der Waals surface area contributed by atoms with Crippen molar-refractivity contribution in [1.29, 1.82) is 0 Å². The average Bonchev–Trinajstić information content (AvgIpc) is 3.00. The molecule has 2 unspecified atom stereocenters. The van der Waals surface area contributed by atoms with Gasteiger partial charge in [0.1, 0.15) is 5.82 Å². The van der Waals surface area contributed by atoms with Crippen molar-refractivity contribution in [2.45, 2.75) is 31.4 Å². The van der Waals surface area contributed by atoms with Gasteiger partial charge in [-0.3, -0.25) is 4.79 Å². The Labute approximate surface area is 136 Å². The summed E-state index contributed by atoms with van der Waals surface area (Å²) in [4.78, 5) is 14.4. The Morgan fingerprint density at radius 1 is 1.45 bits per heavy atom. The first-order chi connectivity index (χ1) is 10.2. The first-order valence-electron chi connectivity index (χ1n) is 7.61. The molecule has 6 heteroatoms. The first-order valence-corrected chi connectivity index (χ1v) is 7.61. The topological polar surface area (TPSA) is 41.6 Å². The number of nitrogens with zero attached hydrogens (tertiary/aromatic N) is 1. The average molecular weight is 329 g/mol. The van der Waals surface area contributed by atoms with Crippen LogP contribution in [0.5, 0.6) is 0 Å². The van der Waals surface area contributed by atoms with Gasteiger partial charge in [-0.05, 0) is 30.5 Å². The summed E-state index contributed by atoms with van der Waals surface area (Å²) in [6, 6.07) is 6.43. The van der Waals surface area contributed by atoms with Gasteiger partial charge >= 0.3 is 0 Å². The van der Waals surface area contributed by atoms with Crippen LogP contribution in [0.2, 0.25) is 0 Å². The summed E-state index contributed by atoms with van der Waals surface area (Å²) in [6.45, 7) is 2.86. The number of nitrogens with one attached hydrogen (secondary N) is 1. The summed E-state index contributed by atoms with van der Waals surface area (Å²) in [5.74, 6) is -0.151. The van der Waals surface area contributed by atoms with Crippen LogP contribution in [0.3, 0.4) is 0 Å². The van der Waals surface area contributed by atoms with Crippen molar-refractivity contribution in [3.05, 3.63) is 35.6 Å². The fraction of sp³-hybridized carbons (Fsp3) is 0.562. The molecule has 2 fully saturated rings. The van der Waals surface area contributed by atoms with E-state index in [2.05, 4.69) is 5.32 Å². The molecule has 1 amide bonds. The summed E-state index contributed by atoms with van der Waals surface area (Å²) >= 11 is 0. The Bertz CT molecular complexity index is 509. The van der Waals surface area contributed by atoms with E-state index in [1.165, 1.54) is 12.1 Å². The van der Waals surface area contributed by atoms with Crippen LogP contribution >= 0.6 is 12.4 Å². The number of halogens is 2. The number of carbonyl (C=O) groups is 1. The van der Waals surface area contributed by atoms with Gasteiger partial charge in [0.15, 0.2) is 0 Å². The van der Waals surface area contributed by atoms with Gasteiger partial charge in [0, 0.05) is 26.2 Å². The highest BCUT2D eigenvalue weighted by atomic mass is 35.5. The third-order valence-corrected chi connectivity index (χ3v) is 4.22. The van der Waals surface area contributed by atoms with E-state index >= 15 is 0 Å². The summed E-state index contributed by atoms with van der Waals surface area (Å²) in [6.07, 6.45) is 2.49. The lowest BCUT2D eigenvalue weighted by Crippen LogP contribution is -2.49. The SMILES string of the molecule is Cl.O=C(CC1CCCO1)N1CCNCC1c1cccc(F)c1. The van der Waals surface area contributed by atoms with Gasteiger partial charge in [0.05, 0.1) is 18.6 Å². The number of carbonyl (C=O) groups excluding carboxylic acids is 1. The van der Waals surface area contributed by atoms with Crippen LogP contribution < -0.4 is 5.32 Å². The number of ether oxygens (including phenoxy) is 1. The molecule has 0 saturated carbocycles. The molecule has 1 aromatic rings. The van der Waals surface area contributed by atoms with Crippen LogP contribution in [0.1, 0.15) is 30.9 Å². The van der Waals surface area contributed by atoms with Crippen molar-refractivity contribution >= 4 is 18.3 Å². The van der Waals surface area contributed by atoms with Crippen molar-refractivity contribution in [3.8, 4) is 0 Å². The number of hydrogen-bond donors (Lipinski definition) is 1. The van der Waals surface area contributed by atoms with Crippen molar-refractivity contribution in [2.24, 2.45) is 0 Å². The van der Waals surface area contributed by atoms with E-state index in [-0.39, 0.29) is 36.3 Å². The van der Waals surface area contributed by atoms with Crippen molar-refractivity contribution < 1.29 is 13.9 Å². The Balaban J connectivity index is 0.00000176. The quantitative estimate of drug-likeness (QED) is 0.925. The predicted octanol–water partition coefficient (Wildman–Crippen LogP) is 2.29. The number of hydrogen-bond acceptors (Lipinski definition) is 3. The second-order valence-corrected chi connectivity index (χ2v) is 5.70. The smallest absolute Gasteiger partial charge is 0.225 e. The number of amides is 1. The lowest BCUT2D eigenvalue weighted by molar-refractivity contribution is -0.136. The van der Waals surface area contributed by atoms with E-state index in [1.807, 2.05) is 11.0 Å². The molecule has 2 atom stereocenters. The van der Waals surface area contributed by atoms with Crippen molar-refractivity contribution in [1.82, 2.24) is 10.2 Å². The molecule has 0 aromatic heterocycles. The monoisotopic (exact) mass is 328 g/mol. The minimum atomic E-state index is -0.260. The highest BCUT2D eigenvalue weighted by Gasteiger charge is 2.30. The van der Waals surface area contributed by atoms with Crippen LogP contribution in [-0.2, 0) is 9.53 Å². The number of rotatable bonds is 3. The van der Waals surface area contributed by atoms with Crippen molar-refractivity contribution in [3.63, 3.8) is 0 Å². The minimum Gasteiger partial charge on any atom is -0.378 e. The number of piperazine rings is 1. The summed E-state index contributed by atoms with van der Waals surface area (Å²) < 4.78 is 19.0. The zero-order valence-corrected chi connectivity index (χ0v) is 13.3. The van der Waals surface area contributed by atoms with Gasteiger partial charge in [0.25, 0.3) is 0 Å². The molecule has 3 rings (SSSR count). The van der Waals surface area contributed by atoms with Crippen LogP contribution in [0.15, 0.2) is 24.3 Å². The molecular weight excluding hydrogens is 307 g/mol.